The Morgan fingerprint density at radius 3 is 3.00 bits per heavy atom. The number of rotatable bonds is 2. The van der Waals surface area contributed by atoms with Crippen LogP contribution in [0.2, 0.25) is 0 Å². The minimum atomic E-state index is -0.0540. The quantitative estimate of drug-likeness (QED) is 0.469. The minimum Gasteiger partial charge on any atom is -0.448 e. The highest BCUT2D eigenvalue weighted by Gasteiger charge is 2.30. The summed E-state index contributed by atoms with van der Waals surface area (Å²) in [4.78, 5) is 20.9. The molecule has 0 radical (unpaired) electrons. The smallest absolute Gasteiger partial charge is 0.290 e. The van der Waals surface area contributed by atoms with Crippen molar-refractivity contribution in [3.8, 4) is 10.8 Å². The summed E-state index contributed by atoms with van der Waals surface area (Å²) in [5.74, 6) is 0.974. The lowest BCUT2D eigenvalue weighted by Crippen LogP contribution is -2.38. The fraction of sp³-hybridized carbons (Fsp3) is 0.200. The number of benzene rings is 1. The summed E-state index contributed by atoms with van der Waals surface area (Å²) in [5.41, 5.74) is 2.21. The molecule has 26 heavy (non-hydrogen) atoms. The molecule has 0 saturated carbocycles. The molecule has 1 amide bonds. The number of amides is 1. The third-order valence-electron chi connectivity index (χ3n) is 4.86. The molecule has 4 nitrogen and oxygen atoms in total. The normalized spacial score (nSPS) is 16.8. The standard InChI is InChI=1S/C20H16N2O2S2/c1-12-13-9-11-25-17(13)8-10-22(12)20(23)16-7-6-15(24-16)19-21-14-4-2-3-5-18(14)26-19/h2-7,9,11-12H,8,10H2,1H3. The zero-order valence-corrected chi connectivity index (χ0v) is 15.8. The Morgan fingerprint density at radius 2 is 2.12 bits per heavy atom. The monoisotopic (exact) mass is 380 g/mol. The maximum Gasteiger partial charge on any atom is 0.290 e. The predicted octanol–water partition coefficient (Wildman–Crippen LogP) is 5.38. The zero-order chi connectivity index (χ0) is 17.7. The number of furan rings is 1. The molecule has 0 saturated heterocycles. The Balaban J connectivity index is 1.44. The SMILES string of the molecule is CC1c2ccsc2CCN1C(=O)c1ccc(-c2nc3ccccc3s2)o1. The number of carbonyl (C=O) groups is 1. The highest BCUT2D eigenvalue weighted by molar-refractivity contribution is 7.21. The first-order valence-electron chi connectivity index (χ1n) is 8.54. The van der Waals surface area contributed by atoms with Crippen LogP contribution in [0.15, 0.2) is 52.3 Å². The molecule has 5 rings (SSSR count). The van der Waals surface area contributed by atoms with Gasteiger partial charge in [-0.1, -0.05) is 12.1 Å². The summed E-state index contributed by atoms with van der Waals surface area (Å²) in [6, 6.07) is 13.8. The summed E-state index contributed by atoms with van der Waals surface area (Å²) in [5, 5.41) is 2.91. The summed E-state index contributed by atoms with van der Waals surface area (Å²) >= 11 is 3.35. The molecule has 4 aromatic rings. The zero-order valence-electron chi connectivity index (χ0n) is 14.1. The second kappa shape index (κ2) is 6.07. The molecule has 0 N–H and O–H groups in total. The Hall–Kier alpha value is -2.44. The van der Waals surface area contributed by atoms with Crippen molar-refractivity contribution in [2.75, 3.05) is 6.54 Å². The fourth-order valence-electron chi connectivity index (χ4n) is 3.47. The van der Waals surface area contributed by atoms with Crippen LogP contribution in [0.25, 0.3) is 21.0 Å². The van der Waals surface area contributed by atoms with Crippen LogP contribution in [-0.2, 0) is 6.42 Å². The molecule has 6 heteroatoms. The number of hydrogen-bond donors (Lipinski definition) is 0. The Bertz CT molecular complexity index is 1070. The van der Waals surface area contributed by atoms with Gasteiger partial charge < -0.3 is 9.32 Å². The topological polar surface area (TPSA) is 46.3 Å². The van der Waals surface area contributed by atoms with E-state index in [1.807, 2.05) is 35.2 Å². The fourth-order valence-corrected chi connectivity index (χ4v) is 5.36. The summed E-state index contributed by atoms with van der Waals surface area (Å²) < 4.78 is 7.00. The number of hydrogen-bond acceptors (Lipinski definition) is 5. The molecule has 1 aromatic carbocycles. The van der Waals surface area contributed by atoms with Gasteiger partial charge >= 0.3 is 0 Å². The molecule has 0 fully saturated rings. The molecule has 1 atom stereocenters. The molecule has 0 bridgehead atoms. The lowest BCUT2D eigenvalue weighted by atomic mass is 10.0. The van der Waals surface area contributed by atoms with Gasteiger partial charge in [0.05, 0.1) is 16.3 Å². The van der Waals surface area contributed by atoms with E-state index in [1.165, 1.54) is 10.4 Å². The van der Waals surface area contributed by atoms with Gasteiger partial charge in [0.1, 0.15) is 0 Å². The average Bonchev–Trinajstić information content (AvgIpc) is 3.39. The van der Waals surface area contributed by atoms with E-state index in [2.05, 4.69) is 23.4 Å². The van der Waals surface area contributed by atoms with Crippen molar-refractivity contribution in [1.29, 1.82) is 0 Å². The number of carbonyl (C=O) groups excluding carboxylic acids is 1. The lowest BCUT2D eigenvalue weighted by molar-refractivity contribution is 0.0647. The Labute approximate surface area is 158 Å². The van der Waals surface area contributed by atoms with Crippen molar-refractivity contribution in [2.24, 2.45) is 0 Å². The third kappa shape index (κ3) is 2.48. The molecule has 1 aliphatic rings. The molecular weight excluding hydrogens is 364 g/mol. The average molecular weight is 380 g/mol. The number of thiazole rings is 1. The van der Waals surface area contributed by atoms with Crippen molar-refractivity contribution in [2.45, 2.75) is 19.4 Å². The first-order chi connectivity index (χ1) is 12.7. The number of aromatic nitrogens is 1. The van der Waals surface area contributed by atoms with Gasteiger partial charge in [-0.2, -0.15) is 0 Å². The van der Waals surface area contributed by atoms with Crippen molar-refractivity contribution < 1.29 is 9.21 Å². The third-order valence-corrected chi connectivity index (χ3v) is 6.91. The van der Waals surface area contributed by atoms with E-state index in [9.17, 15) is 4.79 Å². The van der Waals surface area contributed by atoms with E-state index in [0.717, 1.165) is 28.2 Å². The van der Waals surface area contributed by atoms with E-state index in [4.69, 9.17) is 4.42 Å². The maximum atomic E-state index is 13.0. The van der Waals surface area contributed by atoms with Crippen LogP contribution in [0.4, 0.5) is 0 Å². The second-order valence-corrected chi connectivity index (χ2v) is 8.41. The molecule has 1 aliphatic heterocycles. The van der Waals surface area contributed by atoms with E-state index in [1.54, 1.807) is 28.7 Å². The van der Waals surface area contributed by atoms with Gasteiger partial charge in [0.15, 0.2) is 16.5 Å². The van der Waals surface area contributed by atoms with E-state index >= 15 is 0 Å². The first-order valence-corrected chi connectivity index (χ1v) is 10.2. The van der Waals surface area contributed by atoms with Gasteiger partial charge in [0, 0.05) is 11.4 Å². The van der Waals surface area contributed by atoms with Crippen molar-refractivity contribution >= 4 is 38.8 Å². The predicted molar refractivity (Wildman–Crippen MR) is 105 cm³/mol. The Morgan fingerprint density at radius 1 is 1.23 bits per heavy atom. The van der Waals surface area contributed by atoms with Crippen LogP contribution in [-0.4, -0.2) is 22.3 Å². The molecule has 1 unspecified atom stereocenters. The van der Waals surface area contributed by atoms with Crippen LogP contribution < -0.4 is 0 Å². The molecule has 3 aromatic heterocycles. The van der Waals surface area contributed by atoms with Gasteiger partial charge in [-0.15, -0.1) is 22.7 Å². The van der Waals surface area contributed by atoms with E-state index < -0.39 is 0 Å². The van der Waals surface area contributed by atoms with Crippen LogP contribution in [0.1, 0.15) is 34.0 Å². The highest BCUT2D eigenvalue weighted by Crippen LogP contribution is 2.35. The van der Waals surface area contributed by atoms with Crippen LogP contribution in [0, 0.1) is 0 Å². The second-order valence-electron chi connectivity index (χ2n) is 6.37. The van der Waals surface area contributed by atoms with Crippen LogP contribution in [0.3, 0.4) is 0 Å². The number of fused-ring (bicyclic) bond motifs is 2. The van der Waals surface area contributed by atoms with Gasteiger partial charge in [-0.25, -0.2) is 4.98 Å². The summed E-state index contributed by atoms with van der Waals surface area (Å²) in [6.07, 6.45) is 0.911. The first kappa shape index (κ1) is 15.8. The van der Waals surface area contributed by atoms with Crippen molar-refractivity contribution in [3.05, 3.63) is 64.0 Å². The van der Waals surface area contributed by atoms with Gasteiger partial charge in [-0.3, -0.25) is 4.79 Å². The number of nitrogens with zero attached hydrogens (tertiary/aromatic N) is 2. The molecular formula is C20H16N2O2S2. The molecule has 130 valence electrons. The van der Waals surface area contributed by atoms with Gasteiger partial charge in [0.25, 0.3) is 5.91 Å². The number of para-hydroxylation sites is 1. The number of thiophene rings is 1. The summed E-state index contributed by atoms with van der Waals surface area (Å²) in [6.45, 7) is 2.81. The largest absolute Gasteiger partial charge is 0.448 e. The minimum absolute atomic E-state index is 0.0540. The lowest BCUT2D eigenvalue weighted by Gasteiger charge is -2.33. The van der Waals surface area contributed by atoms with E-state index in [-0.39, 0.29) is 11.9 Å². The molecule has 4 heterocycles. The highest BCUT2D eigenvalue weighted by atomic mass is 32.1. The van der Waals surface area contributed by atoms with Gasteiger partial charge in [-0.05, 0) is 54.6 Å². The Kier molecular flexibility index (Phi) is 3.69. The van der Waals surface area contributed by atoms with Crippen molar-refractivity contribution in [3.63, 3.8) is 0 Å². The van der Waals surface area contributed by atoms with Gasteiger partial charge in [0.2, 0.25) is 0 Å². The van der Waals surface area contributed by atoms with Crippen LogP contribution >= 0.6 is 22.7 Å². The molecule has 0 spiro atoms. The maximum absolute atomic E-state index is 13.0. The van der Waals surface area contributed by atoms with Crippen LogP contribution in [0.5, 0.6) is 0 Å². The summed E-state index contributed by atoms with van der Waals surface area (Å²) in [7, 11) is 0. The molecule has 0 aliphatic carbocycles. The van der Waals surface area contributed by atoms with Crippen molar-refractivity contribution in [1.82, 2.24) is 9.88 Å². The van der Waals surface area contributed by atoms with E-state index in [0.29, 0.717) is 11.5 Å².